The molecule has 5 nitrogen and oxygen atoms in total. The van der Waals surface area contributed by atoms with Crippen LogP contribution in [0.15, 0.2) is 0 Å². The number of carbonyl (C=O) groups is 1. The summed E-state index contributed by atoms with van der Waals surface area (Å²) >= 11 is 0. The molecule has 2 N–H and O–H groups in total. The third kappa shape index (κ3) is 3.95. The van der Waals surface area contributed by atoms with Crippen LogP contribution < -0.4 is 5.32 Å². The lowest BCUT2D eigenvalue weighted by molar-refractivity contribution is -0.192. The highest BCUT2D eigenvalue weighted by molar-refractivity contribution is 5.73. The molecule has 2 rings (SSSR count). The van der Waals surface area contributed by atoms with Gasteiger partial charge < -0.3 is 10.4 Å². The fourth-order valence-electron chi connectivity index (χ4n) is 1.23. The number of halogens is 3. The highest BCUT2D eigenvalue weighted by Gasteiger charge is 2.38. The smallest absolute Gasteiger partial charge is 0.475 e. The summed E-state index contributed by atoms with van der Waals surface area (Å²) in [5.74, 6) is -2.76. The maximum atomic E-state index is 10.6. The summed E-state index contributed by atoms with van der Waals surface area (Å²) in [7, 11) is 0. The Morgan fingerprint density at radius 2 is 2.00 bits per heavy atom. The number of carboxylic acids is 1. The lowest BCUT2D eigenvalue weighted by Crippen LogP contribution is -2.55. The number of hydroxylamine groups is 2. The van der Waals surface area contributed by atoms with Gasteiger partial charge in [0.15, 0.2) is 0 Å². The molecule has 2 saturated heterocycles. The van der Waals surface area contributed by atoms with Crippen LogP contribution in [0.4, 0.5) is 13.2 Å². The molecule has 2 aliphatic rings. The van der Waals surface area contributed by atoms with E-state index < -0.39 is 12.1 Å². The number of nitrogens with one attached hydrogen (secondary N) is 1. The Morgan fingerprint density at radius 3 is 2.25 bits per heavy atom. The summed E-state index contributed by atoms with van der Waals surface area (Å²) in [4.78, 5) is 14.2. The third-order valence-electron chi connectivity index (χ3n) is 2.19. The minimum absolute atomic E-state index is 0.674. The summed E-state index contributed by atoms with van der Waals surface area (Å²) in [5.41, 5.74) is 0. The van der Waals surface area contributed by atoms with E-state index in [1.807, 2.05) is 0 Å². The Kier molecular flexibility index (Phi) is 4.51. The fourth-order valence-corrected chi connectivity index (χ4v) is 1.23. The molecule has 0 radical (unpaired) electrons. The van der Waals surface area contributed by atoms with Crippen LogP contribution in [0, 0.1) is 0 Å². The summed E-state index contributed by atoms with van der Waals surface area (Å²) < 4.78 is 31.7. The molecule has 0 aromatic rings. The number of hydrogen-bond donors (Lipinski definition) is 2. The van der Waals surface area contributed by atoms with Gasteiger partial charge in [-0.15, -0.1) is 0 Å². The van der Waals surface area contributed by atoms with Gasteiger partial charge in [-0.1, -0.05) is 0 Å². The molecule has 0 aliphatic carbocycles. The molecular formula is C8H13F3N2O3. The van der Waals surface area contributed by atoms with Crippen LogP contribution in [0.1, 0.15) is 6.42 Å². The molecule has 0 unspecified atom stereocenters. The van der Waals surface area contributed by atoms with E-state index in [0.29, 0.717) is 6.04 Å². The second kappa shape index (κ2) is 5.46. The highest BCUT2D eigenvalue weighted by atomic mass is 19.4. The van der Waals surface area contributed by atoms with Gasteiger partial charge in [0.2, 0.25) is 0 Å². The molecule has 0 spiro atoms. The predicted octanol–water partition coefficient (Wildman–Crippen LogP) is 0.229. The Morgan fingerprint density at radius 1 is 1.44 bits per heavy atom. The molecule has 16 heavy (non-hydrogen) atoms. The van der Waals surface area contributed by atoms with Crippen LogP contribution in [-0.4, -0.2) is 54.6 Å². The zero-order valence-corrected chi connectivity index (χ0v) is 8.46. The number of nitrogens with zero attached hydrogens (tertiary/aromatic N) is 1. The van der Waals surface area contributed by atoms with Crippen molar-refractivity contribution in [1.29, 1.82) is 0 Å². The van der Waals surface area contributed by atoms with Gasteiger partial charge in [0.1, 0.15) is 0 Å². The van der Waals surface area contributed by atoms with Crippen LogP contribution >= 0.6 is 0 Å². The lowest BCUT2D eigenvalue weighted by atomic mass is 10.2. The van der Waals surface area contributed by atoms with Crippen LogP contribution in [0.5, 0.6) is 0 Å². The van der Waals surface area contributed by atoms with E-state index in [9.17, 15) is 13.2 Å². The summed E-state index contributed by atoms with van der Waals surface area (Å²) in [6, 6.07) is 0.674. The molecule has 2 fully saturated rings. The Labute approximate surface area is 90.1 Å². The van der Waals surface area contributed by atoms with Crippen LogP contribution in [-0.2, 0) is 9.63 Å². The van der Waals surface area contributed by atoms with Gasteiger partial charge in [0.25, 0.3) is 0 Å². The minimum atomic E-state index is -5.08. The maximum absolute atomic E-state index is 10.6. The van der Waals surface area contributed by atoms with E-state index >= 15 is 0 Å². The fraction of sp³-hybridized carbons (Fsp3) is 0.875. The van der Waals surface area contributed by atoms with E-state index in [1.54, 1.807) is 0 Å². The Hall–Kier alpha value is -0.860. The molecular weight excluding hydrogens is 229 g/mol. The third-order valence-corrected chi connectivity index (χ3v) is 2.19. The first-order valence-corrected chi connectivity index (χ1v) is 4.81. The van der Waals surface area contributed by atoms with Crippen molar-refractivity contribution in [1.82, 2.24) is 10.4 Å². The molecule has 0 amide bonds. The Balaban J connectivity index is 0.000000168. The van der Waals surface area contributed by atoms with E-state index in [-0.39, 0.29) is 0 Å². The first kappa shape index (κ1) is 13.2. The molecule has 0 saturated carbocycles. The van der Waals surface area contributed by atoms with Crippen LogP contribution in [0.25, 0.3) is 0 Å². The van der Waals surface area contributed by atoms with Crippen molar-refractivity contribution in [2.75, 3.05) is 26.2 Å². The molecule has 94 valence electrons. The minimum Gasteiger partial charge on any atom is -0.475 e. The molecule has 8 heteroatoms. The van der Waals surface area contributed by atoms with Crippen molar-refractivity contribution in [3.63, 3.8) is 0 Å². The van der Waals surface area contributed by atoms with E-state index in [2.05, 4.69) is 10.4 Å². The van der Waals surface area contributed by atoms with Crippen LogP contribution in [0.2, 0.25) is 0 Å². The first-order chi connectivity index (χ1) is 7.41. The second-order valence-electron chi connectivity index (χ2n) is 3.44. The zero-order valence-electron chi connectivity index (χ0n) is 8.46. The second-order valence-corrected chi connectivity index (χ2v) is 3.44. The van der Waals surface area contributed by atoms with E-state index in [0.717, 1.165) is 26.2 Å². The zero-order chi connectivity index (χ0) is 12.2. The molecule has 2 aliphatic heterocycles. The maximum Gasteiger partial charge on any atom is 0.490 e. The van der Waals surface area contributed by atoms with Gasteiger partial charge in [0.05, 0.1) is 12.6 Å². The average molecular weight is 242 g/mol. The van der Waals surface area contributed by atoms with Crippen molar-refractivity contribution in [2.45, 2.75) is 18.6 Å². The molecule has 0 aromatic heterocycles. The number of carboxylic acid groups (broad SMARTS) is 1. The van der Waals surface area contributed by atoms with Crippen molar-refractivity contribution < 1.29 is 27.9 Å². The highest BCUT2D eigenvalue weighted by Crippen LogP contribution is 2.13. The van der Waals surface area contributed by atoms with Crippen molar-refractivity contribution >= 4 is 5.97 Å². The number of alkyl halides is 3. The normalized spacial score (nSPS) is 22.2. The van der Waals surface area contributed by atoms with E-state index in [4.69, 9.17) is 14.7 Å². The summed E-state index contributed by atoms with van der Waals surface area (Å²) in [5, 5.41) is 12.4. The first-order valence-electron chi connectivity index (χ1n) is 4.81. The molecule has 0 aromatic carbocycles. The van der Waals surface area contributed by atoms with Crippen LogP contribution in [0.3, 0.4) is 0 Å². The van der Waals surface area contributed by atoms with Crippen molar-refractivity contribution in [3.05, 3.63) is 0 Å². The largest absolute Gasteiger partial charge is 0.490 e. The number of rotatable bonds is 1. The van der Waals surface area contributed by atoms with Gasteiger partial charge in [-0.25, -0.2) is 4.79 Å². The van der Waals surface area contributed by atoms with Gasteiger partial charge in [-0.2, -0.15) is 18.2 Å². The monoisotopic (exact) mass is 242 g/mol. The number of aliphatic carboxylic acids is 1. The Bertz CT molecular complexity index is 237. The topological polar surface area (TPSA) is 61.8 Å². The van der Waals surface area contributed by atoms with Gasteiger partial charge in [-0.3, -0.25) is 4.84 Å². The standard InChI is InChI=1S/C6H12N2O.C2HF3O2/c1-2-8(9-3-1)6-4-7-5-6;3-2(4,5)1(6)7/h6-7H,1-5H2;(H,6,7). The number of hydrogen-bond acceptors (Lipinski definition) is 4. The summed E-state index contributed by atoms with van der Waals surface area (Å²) in [6.07, 6.45) is -3.88. The van der Waals surface area contributed by atoms with Gasteiger partial charge in [-0.05, 0) is 6.42 Å². The van der Waals surface area contributed by atoms with Gasteiger partial charge in [0, 0.05) is 19.6 Å². The SMILES string of the molecule is C1CON(C2CNC2)C1.O=C(O)C(F)(F)F. The average Bonchev–Trinajstić information content (AvgIpc) is 2.53. The van der Waals surface area contributed by atoms with Gasteiger partial charge >= 0.3 is 12.1 Å². The molecule has 2 heterocycles. The molecule has 0 bridgehead atoms. The quantitative estimate of drug-likeness (QED) is 0.689. The van der Waals surface area contributed by atoms with Crippen molar-refractivity contribution in [3.8, 4) is 0 Å². The molecule has 0 atom stereocenters. The van der Waals surface area contributed by atoms with Crippen molar-refractivity contribution in [2.24, 2.45) is 0 Å². The predicted molar refractivity (Wildman–Crippen MR) is 47.6 cm³/mol. The lowest BCUT2D eigenvalue weighted by Gasteiger charge is -2.33. The summed E-state index contributed by atoms with van der Waals surface area (Å²) in [6.45, 7) is 4.28. The van der Waals surface area contributed by atoms with E-state index in [1.165, 1.54) is 6.42 Å².